The molecule has 0 spiro atoms. The van der Waals surface area contributed by atoms with E-state index in [1.165, 1.54) is 0 Å². The van der Waals surface area contributed by atoms with Crippen molar-refractivity contribution in [1.29, 1.82) is 0 Å². The second-order valence-electron chi connectivity index (χ2n) is 5.09. The fourth-order valence-electron chi connectivity index (χ4n) is 1.64. The fourth-order valence-corrected chi connectivity index (χ4v) is 1.64. The molecule has 2 heterocycles. The number of rotatable bonds is 5. The lowest BCUT2D eigenvalue weighted by Gasteiger charge is -2.08. The first-order valence-corrected chi connectivity index (χ1v) is 7.01. The maximum absolute atomic E-state index is 11.9. The van der Waals surface area contributed by atoms with Crippen LogP contribution in [0.15, 0.2) is 42.7 Å². The highest BCUT2D eigenvalue weighted by atomic mass is 16.2. The van der Waals surface area contributed by atoms with Crippen molar-refractivity contribution >= 4 is 17.6 Å². The highest BCUT2D eigenvalue weighted by Gasteiger charge is 2.08. The predicted molar refractivity (Wildman–Crippen MR) is 83.1 cm³/mol. The van der Waals surface area contributed by atoms with Crippen molar-refractivity contribution in [2.45, 2.75) is 20.4 Å². The van der Waals surface area contributed by atoms with Gasteiger partial charge in [-0.05, 0) is 23.8 Å². The Morgan fingerprint density at radius 1 is 1.14 bits per heavy atom. The van der Waals surface area contributed by atoms with Crippen LogP contribution in [0.25, 0.3) is 0 Å². The third-order valence-electron chi connectivity index (χ3n) is 2.95. The smallest absolute Gasteiger partial charge is 0.270 e. The van der Waals surface area contributed by atoms with Crippen molar-refractivity contribution in [3.8, 4) is 0 Å². The molecule has 0 bridgehead atoms. The molecule has 0 fully saturated rings. The van der Waals surface area contributed by atoms with Gasteiger partial charge < -0.3 is 10.6 Å². The van der Waals surface area contributed by atoms with Crippen LogP contribution in [0.2, 0.25) is 0 Å². The average molecular weight is 298 g/mol. The normalized spacial score (nSPS) is 10.3. The minimum absolute atomic E-state index is 0.0799. The second kappa shape index (κ2) is 7.31. The number of carbonyl (C=O) groups is 2. The zero-order chi connectivity index (χ0) is 15.9. The van der Waals surface area contributed by atoms with E-state index < -0.39 is 0 Å². The molecular formula is C16H18N4O2. The highest BCUT2D eigenvalue weighted by Crippen LogP contribution is 2.07. The predicted octanol–water partition coefficient (Wildman–Crippen LogP) is 2.00. The number of amides is 2. The molecule has 114 valence electrons. The number of nitrogens with one attached hydrogen (secondary N) is 2. The molecule has 0 aliphatic heterocycles. The third-order valence-corrected chi connectivity index (χ3v) is 2.95. The number of aromatic nitrogens is 2. The molecule has 2 aromatic rings. The van der Waals surface area contributed by atoms with Crippen molar-refractivity contribution in [1.82, 2.24) is 15.3 Å². The van der Waals surface area contributed by atoms with E-state index in [2.05, 4.69) is 20.6 Å². The Kier molecular flexibility index (Phi) is 5.19. The zero-order valence-corrected chi connectivity index (χ0v) is 12.5. The van der Waals surface area contributed by atoms with Crippen molar-refractivity contribution in [3.63, 3.8) is 0 Å². The molecule has 6 nitrogen and oxygen atoms in total. The molecule has 0 saturated carbocycles. The standard InChI is InChI=1S/C16H18N4O2/c1-11(2)15(21)20-14-7-6-12(9-18-14)10-19-16(22)13-5-3-4-8-17-13/h3-9,11H,10H2,1-2H3,(H,19,22)(H,18,20,21). The van der Waals surface area contributed by atoms with E-state index in [4.69, 9.17) is 0 Å². The molecule has 0 saturated heterocycles. The number of anilines is 1. The van der Waals surface area contributed by atoms with Gasteiger partial charge in [-0.15, -0.1) is 0 Å². The highest BCUT2D eigenvalue weighted by molar-refractivity contribution is 5.92. The number of hydrogen-bond donors (Lipinski definition) is 2. The molecule has 2 aromatic heterocycles. The average Bonchev–Trinajstić information content (AvgIpc) is 2.54. The summed E-state index contributed by atoms with van der Waals surface area (Å²) in [4.78, 5) is 31.5. The first-order valence-electron chi connectivity index (χ1n) is 7.01. The summed E-state index contributed by atoms with van der Waals surface area (Å²) >= 11 is 0. The van der Waals surface area contributed by atoms with Gasteiger partial charge in [0, 0.05) is 24.9 Å². The van der Waals surface area contributed by atoms with E-state index in [1.54, 1.807) is 36.7 Å². The molecule has 6 heteroatoms. The monoisotopic (exact) mass is 298 g/mol. The van der Waals surface area contributed by atoms with Gasteiger partial charge in [-0.2, -0.15) is 0 Å². The number of nitrogens with zero attached hydrogens (tertiary/aromatic N) is 2. The Morgan fingerprint density at radius 2 is 1.95 bits per heavy atom. The summed E-state index contributed by atoms with van der Waals surface area (Å²) in [5, 5.41) is 5.48. The van der Waals surface area contributed by atoms with Crippen LogP contribution in [0, 0.1) is 5.92 Å². The van der Waals surface area contributed by atoms with Crippen LogP contribution in [0.5, 0.6) is 0 Å². The van der Waals surface area contributed by atoms with Crippen molar-refractivity contribution in [3.05, 3.63) is 54.0 Å². The largest absolute Gasteiger partial charge is 0.347 e. The van der Waals surface area contributed by atoms with E-state index in [1.807, 2.05) is 19.9 Å². The van der Waals surface area contributed by atoms with Gasteiger partial charge in [0.1, 0.15) is 11.5 Å². The van der Waals surface area contributed by atoms with E-state index in [0.29, 0.717) is 18.1 Å². The van der Waals surface area contributed by atoms with E-state index >= 15 is 0 Å². The lowest BCUT2D eigenvalue weighted by Crippen LogP contribution is -2.23. The van der Waals surface area contributed by atoms with Gasteiger partial charge in [-0.25, -0.2) is 4.98 Å². The molecule has 0 aliphatic rings. The molecule has 0 radical (unpaired) electrons. The van der Waals surface area contributed by atoms with Crippen LogP contribution in [-0.4, -0.2) is 21.8 Å². The van der Waals surface area contributed by atoms with Crippen LogP contribution >= 0.6 is 0 Å². The van der Waals surface area contributed by atoms with Crippen LogP contribution in [-0.2, 0) is 11.3 Å². The Balaban J connectivity index is 1.89. The molecule has 2 amide bonds. The second-order valence-corrected chi connectivity index (χ2v) is 5.09. The zero-order valence-electron chi connectivity index (χ0n) is 12.5. The molecule has 22 heavy (non-hydrogen) atoms. The summed E-state index contributed by atoms with van der Waals surface area (Å²) in [7, 11) is 0. The lowest BCUT2D eigenvalue weighted by atomic mass is 10.2. The summed E-state index contributed by atoms with van der Waals surface area (Å²) < 4.78 is 0. The summed E-state index contributed by atoms with van der Waals surface area (Å²) in [5.74, 6) is 0.0825. The maximum Gasteiger partial charge on any atom is 0.270 e. The van der Waals surface area contributed by atoms with Gasteiger partial charge in [0.05, 0.1) is 0 Å². The van der Waals surface area contributed by atoms with Gasteiger partial charge in [0.2, 0.25) is 5.91 Å². The first kappa shape index (κ1) is 15.6. The van der Waals surface area contributed by atoms with Gasteiger partial charge in [-0.3, -0.25) is 14.6 Å². The quantitative estimate of drug-likeness (QED) is 0.884. The van der Waals surface area contributed by atoms with E-state index in [9.17, 15) is 9.59 Å². The third kappa shape index (κ3) is 4.37. The van der Waals surface area contributed by atoms with Crippen molar-refractivity contribution in [2.24, 2.45) is 5.92 Å². The summed E-state index contributed by atoms with van der Waals surface area (Å²) in [5.41, 5.74) is 1.21. The van der Waals surface area contributed by atoms with Gasteiger partial charge in [0.15, 0.2) is 0 Å². The number of hydrogen-bond acceptors (Lipinski definition) is 4. The maximum atomic E-state index is 11.9. The molecular weight excluding hydrogens is 280 g/mol. The molecule has 0 aromatic carbocycles. The molecule has 0 aliphatic carbocycles. The van der Waals surface area contributed by atoms with Crippen molar-refractivity contribution < 1.29 is 9.59 Å². The Labute approximate surface area is 129 Å². The van der Waals surface area contributed by atoms with Crippen LogP contribution in [0.4, 0.5) is 5.82 Å². The Hall–Kier alpha value is -2.76. The van der Waals surface area contributed by atoms with Crippen LogP contribution in [0.1, 0.15) is 29.9 Å². The molecule has 0 atom stereocenters. The minimum Gasteiger partial charge on any atom is -0.347 e. The minimum atomic E-state index is -0.238. The van der Waals surface area contributed by atoms with Crippen LogP contribution in [0.3, 0.4) is 0 Å². The summed E-state index contributed by atoms with van der Waals surface area (Å²) in [6.07, 6.45) is 3.19. The van der Waals surface area contributed by atoms with Crippen LogP contribution < -0.4 is 10.6 Å². The molecule has 2 rings (SSSR count). The van der Waals surface area contributed by atoms with Gasteiger partial charge >= 0.3 is 0 Å². The van der Waals surface area contributed by atoms with Gasteiger partial charge in [-0.1, -0.05) is 26.0 Å². The first-order chi connectivity index (χ1) is 10.6. The number of pyridine rings is 2. The van der Waals surface area contributed by atoms with E-state index in [-0.39, 0.29) is 17.7 Å². The van der Waals surface area contributed by atoms with Crippen molar-refractivity contribution in [2.75, 3.05) is 5.32 Å². The fraction of sp³-hybridized carbons (Fsp3) is 0.250. The Morgan fingerprint density at radius 3 is 2.55 bits per heavy atom. The Bertz CT molecular complexity index is 639. The van der Waals surface area contributed by atoms with Gasteiger partial charge in [0.25, 0.3) is 5.91 Å². The number of carbonyl (C=O) groups excluding carboxylic acids is 2. The SMILES string of the molecule is CC(C)C(=O)Nc1ccc(CNC(=O)c2ccccn2)cn1. The molecule has 0 unspecified atom stereocenters. The summed E-state index contributed by atoms with van der Waals surface area (Å²) in [6.45, 7) is 3.98. The topological polar surface area (TPSA) is 84.0 Å². The summed E-state index contributed by atoms with van der Waals surface area (Å²) in [6, 6.07) is 8.68. The van der Waals surface area contributed by atoms with E-state index in [0.717, 1.165) is 5.56 Å². The lowest BCUT2D eigenvalue weighted by molar-refractivity contribution is -0.118. The molecule has 2 N–H and O–H groups in total.